The van der Waals surface area contributed by atoms with Gasteiger partial charge in [-0.3, -0.25) is 9.48 Å². The molecule has 2 aromatic rings. The van der Waals surface area contributed by atoms with Crippen LogP contribution in [0.5, 0.6) is 0 Å². The smallest absolute Gasteiger partial charge is 0.261 e. The molecule has 0 unspecified atom stereocenters. The quantitative estimate of drug-likeness (QED) is 0.908. The summed E-state index contributed by atoms with van der Waals surface area (Å²) in [5, 5.41) is 8.46. The molecule has 2 rings (SSSR count). The predicted molar refractivity (Wildman–Crippen MR) is 83.3 cm³/mol. The second kappa shape index (κ2) is 5.18. The fraction of sp³-hybridized carbons (Fsp3) is 0.571. The Morgan fingerprint density at radius 2 is 2.20 bits per heavy atom. The number of thiophene rings is 1. The predicted octanol–water partition coefficient (Wildman–Crippen LogP) is 2.23. The van der Waals surface area contributed by atoms with E-state index in [4.69, 9.17) is 5.73 Å². The molecule has 2 heterocycles. The van der Waals surface area contributed by atoms with E-state index in [-0.39, 0.29) is 5.91 Å². The number of nitrogens with two attached hydrogens (primary N) is 1. The minimum absolute atomic E-state index is 0.0700. The van der Waals surface area contributed by atoms with Crippen LogP contribution in [0.15, 0.2) is 6.07 Å². The number of carbonyl (C=O) groups excluding carboxylic acids is 1. The van der Waals surface area contributed by atoms with Gasteiger partial charge in [-0.2, -0.15) is 5.10 Å². The second-order valence-corrected chi connectivity index (χ2v) is 7.19. The number of aryl methyl sites for hydroxylation is 1. The van der Waals surface area contributed by atoms with Crippen molar-refractivity contribution in [1.29, 1.82) is 0 Å². The number of aromatic nitrogens is 2. The minimum atomic E-state index is -0.406. The van der Waals surface area contributed by atoms with E-state index in [0.717, 1.165) is 15.9 Å². The van der Waals surface area contributed by atoms with Crippen LogP contribution >= 0.6 is 11.3 Å². The van der Waals surface area contributed by atoms with Crippen molar-refractivity contribution in [1.82, 2.24) is 15.1 Å². The molecule has 0 aliphatic carbocycles. The molecule has 0 saturated carbocycles. The standard InChI is InChI=1S/C14H22N4OS/c1-8(2)11-9-6-10(20-13(9)18(5)17-11)12(19)16-7-14(3,4)15/h6,8H,7,15H2,1-5H3,(H,16,19). The molecule has 5 nitrogen and oxygen atoms in total. The van der Waals surface area contributed by atoms with Gasteiger partial charge in [0.25, 0.3) is 5.91 Å². The first-order valence-electron chi connectivity index (χ1n) is 6.72. The van der Waals surface area contributed by atoms with Crippen molar-refractivity contribution < 1.29 is 4.79 Å². The Morgan fingerprint density at radius 3 is 2.75 bits per heavy atom. The maximum absolute atomic E-state index is 12.2. The van der Waals surface area contributed by atoms with Crippen molar-refractivity contribution in [2.45, 2.75) is 39.2 Å². The summed E-state index contributed by atoms with van der Waals surface area (Å²) in [4.78, 5) is 13.9. The molecule has 0 fully saturated rings. The molecular weight excluding hydrogens is 272 g/mol. The van der Waals surface area contributed by atoms with Crippen LogP contribution in [-0.4, -0.2) is 27.8 Å². The van der Waals surface area contributed by atoms with E-state index >= 15 is 0 Å². The van der Waals surface area contributed by atoms with Crippen LogP contribution in [-0.2, 0) is 7.05 Å². The average Bonchev–Trinajstić information content (AvgIpc) is 2.86. The van der Waals surface area contributed by atoms with Gasteiger partial charge in [-0.15, -0.1) is 11.3 Å². The number of nitrogens with zero attached hydrogens (tertiary/aromatic N) is 2. The van der Waals surface area contributed by atoms with Gasteiger partial charge in [-0.1, -0.05) is 13.8 Å². The van der Waals surface area contributed by atoms with Gasteiger partial charge in [0.15, 0.2) is 0 Å². The molecule has 3 N–H and O–H groups in total. The fourth-order valence-electron chi connectivity index (χ4n) is 2.00. The highest BCUT2D eigenvalue weighted by Crippen LogP contribution is 2.31. The maximum Gasteiger partial charge on any atom is 0.261 e. The zero-order valence-corrected chi connectivity index (χ0v) is 13.5. The third-order valence-electron chi connectivity index (χ3n) is 3.02. The van der Waals surface area contributed by atoms with Crippen molar-refractivity contribution in [3.63, 3.8) is 0 Å². The number of amides is 1. The number of fused-ring (bicyclic) bond motifs is 1. The van der Waals surface area contributed by atoms with Gasteiger partial charge in [-0.05, 0) is 25.8 Å². The van der Waals surface area contributed by atoms with Gasteiger partial charge in [0.1, 0.15) is 4.83 Å². The molecule has 2 aromatic heterocycles. The summed E-state index contributed by atoms with van der Waals surface area (Å²) in [6.45, 7) is 8.44. The topological polar surface area (TPSA) is 72.9 Å². The zero-order valence-electron chi connectivity index (χ0n) is 12.7. The molecule has 0 bridgehead atoms. The third-order valence-corrected chi connectivity index (χ3v) is 4.22. The Balaban J connectivity index is 2.28. The molecule has 0 radical (unpaired) electrons. The van der Waals surface area contributed by atoms with Gasteiger partial charge < -0.3 is 11.1 Å². The Bertz CT molecular complexity index is 633. The monoisotopic (exact) mass is 294 g/mol. The van der Waals surface area contributed by atoms with Crippen molar-refractivity contribution in [2.75, 3.05) is 6.54 Å². The van der Waals surface area contributed by atoms with E-state index < -0.39 is 5.54 Å². The van der Waals surface area contributed by atoms with E-state index in [1.54, 1.807) is 0 Å². The number of nitrogens with one attached hydrogen (secondary N) is 1. The van der Waals surface area contributed by atoms with Gasteiger partial charge >= 0.3 is 0 Å². The first-order chi connectivity index (χ1) is 9.19. The molecule has 1 amide bonds. The number of hydrogen-bond acceptors (Lipinski definition) is 4. The van der Waals surface area contributed by atoms with E-state index in [1.165, 1.54) is 11.3 Å². The molecule has 0 aliphatic rings. The van der Waals surface area contributed by atoms with Crippen LogP contribution in [0.2, 0.25) is 0 Å². The molecule has 0 aromatic carbocycles. The van der Waals surface area contributed by atoms with E-state index in [1.807, 2.05) is 31.6 Å². The second-order valence-electron chi connectivity index (χ2n) is 6.16. The van der Waals surface area contributed by atoms with Crippen molar-refractivity contribution >= 4 is 27.5 Å². The molecular formula is C14H22N4OS. The zero-order chi connectivity index (χ0) is 15.1. The molecule has 6 heteroatoms. The van der Waals surface area contributed by atoms with Crippen LogP contribution in [0.4, 0.5) is 0 Å². The summed E-state index contributed by atoms with van der Waals surface area (Å²) in [5.41, 5.74) is 6.51. The largest absolute Gasteiger partial charge is 0.350 e. The van der Waals surface area contributed by atoms with E-state index in [2.05, 4.69) is 24.3 Å². The number of rotatable bonds is 4. The van der Waals surface area contributed by atoms with Crippen molar-refractivity contribution in [3.05, 3.63) is 16.6 Å². The highest BCUT2D eigenvalue weighted by Gasteiger charge is 2.19. The van der Waals surface area contributed by atoms with Crippen molar-refractivity contribution in [3.8, 4) is 0 Å². The van der Waals surface area contributed by atoms with Crippen LogP contribution in [0.3, 0.4) is 0 Å². The molecule has 0 aliphatic heterocycles. The third kappa shape index (κ3) is 3.02. The lowest BCUT2D eigenvalue weighted by molar-refractivity contribution is 0.0950. The van der Waals surface area contributed by atoms with Crippen LogP contribution in [0.25, 0.3) is 10.2 Å². The Labute approximate surface area is 123 Å². The van der Waals surface area contributed by atoms with Crippen LogP contribution < -0.4 is 11.1 Å². The average molecular weight is 294 g/mol. The summed E-state index contributed by atoms with van der Waals surface area (Å²) in [7, 11) is 1.91. The molecule has 110 valence electrons. The van der Waals surface area contributed by atoms with Crippen LogP contribution in [0, 0.1) is 0 Å². The lowest BCUT2D eigenvalue weighted by Gasteiger charge is -2.18. The lowest BCUT2D eigenvalue weighted by Crippen LogP contribution is -2.44. The summed E-state index contributed by atoms with van der Waals surface area (Å²) in [6, 6.07) is 1.93. The molecule has 0 atom stereocenters. The SMILES string of the molecule is CC(C)c1nn(C)c2sc(C(=O)NCC(C)(C)N)cc12. The maximum atomic E-state index is 12.2. The van der Waals surface area contributed by atoms with Crippen molar-refractivity contribution in [2.24, 2.45) is 12.8 Å². The van der Waals surface area contributed by atoms with Gasteiger partial charge in [0, 0.05) is 24.5 Å². The minimum Gasteiger partial charge on any atom is -0.350 e. The first kappa shape index (κ1) is 15.0. The van der Waals surface area contributed by atoms with E-state index in [0.29, 0.717) is 17.3 Å². The summed E-state index contributed by atoms with van der Waals surface area (Å²) >= 11 is 1.47. The highest BCUT2D eigenvalue weighted by atomic mass is 32.1. The summed E-state index contributed by atoms with van der Waals surface area (Å²) < 4.78 is 1.85. The number of carbonyl (C=O) groups is 1. The van der Waals surface area contributed by atoms with E-state index in [9.17, 15) is 4.79 Å². The fourth-order valence-corrected chi connectivity index (χ4v) is 3.00. The molecule has 0 saturated heterocycles. The van der Waals surface area contributed by atoms with Crippen LogP contribution in [0.1, 0.15) is 49.0 Å². The highest BCUT2D eigenvalue weighted by molar-refractivity contribution is 7.20. The van der Waals surface area contributed by atoms with Gasteiger partial charge in [0.2, 0.25) is 0 Å². The summed E-state index contributed by atoms with van der Waals surface area (Å²) in [5.74, 6) is 0.270. The molecule has 20 heavy (non-hydrogen) atoms. The Morgan fingerprint density at radius 1 is 1.55 bits per heavy atom. The molecule has 0 spiro atoms. The Hall–Kier alpha value is -1.40. The first-order valence-corrected chi connectivity index (χ1v) is 7.54. The summed E-state index contributed by atoms with van der Waals surface area (Å²) in [6.07, 6.45) is 0. The lowest BCUT2D eigenvalue weighted by atomic mass is 10.1. The van der Waals surface area contributed by atoms with Gasteiger partial charge in [-0.25, -0.2) is 0 Å². The van der Waals surface area contributed by atoms with Gasteiger partial charge in [0.05, 0.1) is 10.6 Å². The number of hydrogen-bond donors (Lipinski definition) is 2. The normalized spacial score (nSPS) is 12.3. The Kier molecular flexibility index (Phi) is 3.88.